The molecule has 0 amide bonds. The van der Waals surface area contributed by atoms with Gasteiger partial charge in [-0.05, 0) is 43.2 Å². The standard InChI is InChI=1S/C22H21Cl2N3O2/c1-3-7-17-19(21(28)29-4-2)20(13-10-11-14(23)15(24)12-13)27-18-9-6-5-8-16(18)25-22(27)26-17/h5-6,8-12,20H,3-4,7H2,1-2H3,(H,25,26)/t20-/m0/s1. The molecule has 0 saturated carbocycles. The molecule has 0 bridgehead atoms. The molecule has 0 unspecified atom stereocenters. The monoisotopic (exact) mass is 429 g/mol. The van der Waals surface area contributed by atoms with E-state index in [2.05, 4.69) is 12.2 Å². The summed E-state index contributed by atoms with van der Waals surface area (Å²) in [6, 6.07) is 12.9. The highest BCUT2D eigenvalue weighted by atomic mass is 35.5. The molecule has 2 heterocycles. The summed E-state index contributed by atoms with van der Waals surface area (Å²) >= 11 is 12.5. The summed E-state index contributed by atoms with van der Waals surface area (Å²) in [6.45, 7) is 4.18. The second-order valence-electron chi connectivity index (χ2n) is 6.86. The average molecular weight is 430 g/mol. The molecule has 150 valence electrons. The maximum Gasteiger partial charge on any atom is 0.338 e. The Labute approximate surface area is 179 Å². The van der Waals surface area contributed by atoms with Crippen molar-refractivity contribution in [3.05, 3.63) is 69.3 Å². The lowest BCUT2D eigenvalue weighted by molar-refractivity contribution is -0.139. The summed E-state index contributed by atoms with van der Waals surface area (Å²) in [7, 11) is 0. The first-order valence-corrected chi connectivity index (χ1v) is 10.4. The third-order valence-corrected chi connectivity index (χ3v) is 5.71. The third-order valence-electron chi connectivity index (χ3n) is 4.97. The Kier molecular flexibility index (Phi) is 5.52. The molecule has 0 saturated heterocycles. The molecule has 4 rings (SSSR count). The zero-order valence-electron chi connectivity index (χ0n) is 16.2. The lowest BCUT2D eigenvalue weighted by Crippen LogP contribution is -2.29. The van der Waals surface area contributed by atoms with Crippen LogP contribution >= 0.6 is 23.2 Å². The largest absolute Gasteiger partial charge is 0.463 e. The number of allylic oxidation sites excluding steroid dienone is 1. The van der Waals surface area contributed by atoms with E-state index in [1.807, 2.05) is 34.9 Å². The summed E-state index contributed by atoms with van der Waals surface area (Å²) in [6.07, 6.45) is 1.58. The zero-order valence-corrected chi connectivity index (χ0v) is 17.7. The van der Waals surface area contributed by atoms with E-state index in [1.165, 1.54) is 0 Å². The molecule has 7 heteroatoms. The predicted molar refractivity (Wildman–Crippen MR) is 117 cm³/mol. The highest BCUT2D eigenvalue weighted by Crippen LogP contribution is 2.41. The number of benzene rings is 2. The van der Waals surface area contributed by atoms with Crippen molar-refractivity contribution in [2.45, 2.75) is 32.7 Å². The van der Waals surface area contributed by atoms with Gasteiger partial charge in [0.05, 0.1) is 39.3 Å². The topological polar surface area (TPSA) is 56.2 Å². The van der Waals surface area contributed by atoms with E-state index >= 15 is 0 Å². The number of esters is 1. The van der Waals surface area contributed by atoms with E-state index in [9.17, 15) is 4.79 Å². The van der Waals surface area contributed by atoms with Gasteiger partial charge >= 0.3 is 5.97 Å². The number of halogens is 2. The van der Waals surface area contributed by atoms with E-state index in [1.54, 1.807) is 19.1 Å². The Hall–Kier alpha value is -2.50. The molecular weight excluding hydrogens is 409 g/mol. The fourth-order valence-corrected chi connectivity index (χ4v) is 4.09. The Morgan fingerprint density at radius 1 is 1.17 bits per heavy atom. The van der Waals surface area contributed by atoms with Crippen LogP contribution in [0.25, 0.3) is 11.0 Å². The molecule has 0 aliphatic carbocycles. The first-order valence-electron chi connectivity index (χ1n) is 9.64. The fraction of sp³-hybridized carbons (Fsp3) is 0.273. The molecule has 29 heavy (non-hydrogen) atoms. The molecule has 2 aromatic carbocycles. The van der Waals surface area contributed by atoms with Crippen molar-refractivity contribution in [2.24, 2.45) is 0 Å². The Balaban J connectivity index is 2.01. The Morgan fingerprint density at radius 2 is 1.97 bits per heavy atom. The van der Waals surface area contributed by atoms with Crippen molar-refractivity contribution < 1.29 is 9.53 Å². The summed E-state index contributed by atoms with van der Waals surface area (Å²) in [5.41, 5.74) is 4.01. The number of carbonyl (C=O) groups excluding carboxylic acids is 1. The first-order chi connectivity index (χ1) is 14.0. The van der Waals surface area contributed by atoms with Gasteiger partial charge in [0.2, 0.25) is 5.95 Å². The van der Waals surface area contributed by atoms with Crippen LogP contribution in [0.1, 0.15) is 38.3 Å². The molecule has 5 nitrogen and oxygen atoms in total. The molecule has 0 spiro atoms. The zero-order chi connectivity index (χ0) is 20.5. The maximum atomic E-state index is 13.1. The van der Waals surface area contributed by atoms with Crippen molar-refractivity contribution in [2.75, 3.05) is 11.9 Å². The van der Waals surface area contributed by atoms with E-state index in [-0.39, 0.29) is 5.97 Å². The fourth-order valence-electron chi connectivity index (χ4n) is 3.78. The number of nitrogens with one attached hydrogen (secondary N) is 1. The first kappa shape index (κ1) is 19.8. The third kappa shape index (κ3) is 3.49. The number of imidazole rings is 1. The van der Waals surface area contributed by atoms with Crippen LogP contribution in [-0.4, -0.2) is 22.1 Å². The van der Waals surface area contributed by atoms with Crippen molar-refractivity contribution in [1.82, 2.24) is 9.55 Å². The smallest absolute Gasteiger partial charge is 0.338 e. The highest BCUT2D eigenvalue weighted by Gasteiger charge is 2.36. The number of rotatable bonds is 5. The molecule has 1 aliphatic rings. The van der Waals surface area contributed by atoms with Crippen molar-refractivity contribution >= 4 is 46.2 Å². The predicted octanol–water partition coefficient (Wildman–Crippen LogP) is 5.98. The minimum Gasteiger partial charge on any atom is -0.463 e. The van der Waals surface area contributed by atoms with Crippen LogP contribution in [0.4, 0.5) is 5.95 Å². The molecule has 1 aromatic heterocycles. The molecule has 0 radical (unpaired) electrons. The second-order valence-corrected chi connectivity index (χ2v) is 7.67. The van der Waals surface area contributed by atoms with E-state index in [4.69, 9.17) is 32.9 Å². The van der Waals surface area contributed by atoms with Gasteiger partial charge in [0.25, 0.3) is 0 Å². The van der Waals surface area contributed by atoms with Gasteiger partial charge in [-0.3, -0.25) is 4.57 Å². The lowest BCUT2D eigenvalue weighted by Gasteiger charge is -2.31. The highest BCUT2D eigenvalue weighted by molar-refractivity contribution is 6.42. The molecule has 1 aliphatic heterocycles. The summed E-state index contributed by atoms with van der Waals surface area (Å²) in [4.78, 5) is 17.8. The van der Waals surface area contributed by atoms with Gasteiger partial charge in [-0.15, -0.1) is 0 Å². The minimum atomic E-state index is -0.422. The summed E-state index contributed by atoms with van der Waals surface area (Å²) in [5, 5.41) is 4.28. The molecule has 3 aromatic rings. The van der Waals surface area contributed by atoms with Crippen molar-refractivity contribution in [1.29, 1.82) is 0 Å². The molecule has 0 fully saturated rings. The van der Waals surface area contributed by atoms with E-state index in [0.717, 1.165) is 28.7 Å². The van der Waals surface area contributed by atoms with Gasteiger partial charge < -0.3 is 10.1 Å². The van der Waals surface area contributed by atoms with Crippen LogP contribution in [0.15, 0.2) is 53.7 Å². The van der Waals surface area contributed by atoms with Crippen LogP contribution in [0.3, 0.4) is 0 Å². The van der Waals surface area contributed by atoms with Gasteiger partial charge in [0.1, 0.15) is 0 Å². The van der Waals surface area contributed by atoms with Crippen LogP contribution in [0.2, 0.25) is 10.0 Å². The van der Waals surface area contributed by atoms with Gasteiger partial charge in [0.15, 0.2) is 0 Å². The van der Waals surface area contributed by atoms with Gasteiger partial charge in [0, 0.05) is 5.70 Å². The Morgan fingerprint density at radius 3 is 2.69 bits per heavy atom. The minimum absolute atomic E-state index is 0.299. The normalized spacial score (nSPS) is 15.9. The number of anilines is 1. The quantitative estimate of drug-likeness (QED) is 0.507. The number of para-hydroxylation sites is 2. The van der Waals surface area contributed by atoms with Gasteiger partial charge in [-0.2, -0.15) is 0 Å². The Bertz CT molecular complexity index is 1120. The van der Waals surface area contributed by atoms with Crippen LogP contribution in [-0.2, 0) is 9.53 Å². The molecule has 1 N–H and O–H groups in total. The number of carbonyl (C=O) groups is 1. The molecule has 1 atom stereocenters. The lowest BCUT2D eigenvalue weighted by atomic mass is 9.93. The number of aromatic nitrogens is 2. The SMILES string of the molecule is CCCC1=C(C(=O)OCC)[C@H](c2ccc(Cl)c(Cl)c2)n2c(nc3ccccc32)N1. The molecular formula is C22H21Cl2N3O2. The van der Waals surface area contributed by atoms with Crippen molar-refractivity contribution in [3.63, 3.8) is 0 Å². The number of nitrogens with zero attached hydrogens (tertiary/aromatic N) is 2. The van der Waals surface area contributed by atoms with Gasteiger partial charge in [-0.25, -0.2) is 9.78 Å². The number of hydrogen-bond acceptors (Lipinski definition) is 4. The number of hydrogen-bond donors (Lipinski definition) is 1. The average Bonchev–Trinajstić information content (AvgIpc) is 3.07. The number of fused-ring (bicyclic) bond motifs is 3. The van der Waals surface area contributed by atoms with Crippen LogP contribution < -0.4 is 5.32 Å². The van der Waals surface area contributed by atoms with Crippen LogP contribution in [0, 0.1) is 0 Å². The van der Waals surface area contributed by atoms with E-state index < -0.39 is 6.04 Å². The van der Waals surface area contributed by atoms with Crippen LogP contribution in [0.5, 0.6) is 0 Å². The van der Waals surface area contributed by atoms with Crippen molar-refractivity contribution in [3.8, 4) is 0 Å². The summed E-state index contributed by atoms with van der Waals surface area (Å²) in [5.74, 6) is 0.349. The second kappa shape index (κ2) is 8.09. The van der Waals surface area contributed by atoms with Gasteiger partial charge in [-0.1, -0.05) is 54.7 Å². The maximum absolute atomic E-state index is 13.1. The number of ether oxygens (including phenoxy) is 1. The van der Waals surface area contributed by atoms with E-state index in [0.29, 0.717) is 34.6 Å². The summed E-state index contributed by atoms with van der Waals surface area (Å²) < 4.78 is 7.47.